The van der Waals surface area contributed by atoms with E-state index in [1.165, 1.54) is 11.8 Å². The zero-order chi connectivity index (χ0) is 20.7. The van der Waals surface area contributed by atoms with Crippen molar-refractivity contribution in [1.29, 1.82) is 5.26 Å². The van der Waals surface area contributed by atoms with Crippen molar-refractivity contribution in [3.05, 3.63) is 73.2 Å². The quantitative estimate of drug-likeness (QED) is 0.533. The summed E-state index contributed by atoms with van der Waals surface area (Å²) >= 11 is 20.5. The van der Waals surface area contributed by atoms with Gasteiger partial charge in [-0.15, -0.1) is 0 Å². The molecule has 2 aromatic carbocycles. The number of hydrogen-bond acceptors (Lipinski definition) is 4. The van der Waals surface area contributed by atoms with Crippen LogP contribution in [-0.4, -0.2) is 23.4 Å². The smallest absolute Gasteiger partial charge is 0.229 e. The second-order valence-electron chi connectivity index (χ2n) is 6.88. The van der Waals surface area contributed by atoms with Crippen LogP contribution in [0, 0.1) is 18.3 Å². The zero-order valence-electron chi connectivity index (χ0n) is 15.5. The van der Waals surface area contributed by atoms with E-state index in [1.807, 2.05) is 25.1 Å². The monoisotopic (exact) mass is 463 g/mol. The first-order chi connectivity index (χ1) is 13.9. The van der Waals surface area contributed by atoms with E-state index < -0.39 is 5.92 Å². The van der Waals surface area contributed by atoms with Gasteiger partial charge in [-0.05, 0) is 42.3 Å². The zero-order valence-corrected chi connectivity index (χ0v) is 18.5. The van der Waals surface area contributed by atoms with Gasteiger partial charge in [-0.1, -0.05) is 58.7 Å². The third-order valence-corrected chi connectivity index (χ3v) is 7.44. The van der Waals surface area contributed by atoms with Gasteiger partial charge >= 0.3 is 0 Å². The molecular weight excluding hydrogens is 449 g/mol. The lowest BCUT2D eigenvalue weighted by Gasteiger charge is -2.42. The summed E-state index contributed by atoms with van der Waals surface area (Å²) in [4.78, 5) is 16.8. The summed E-state index contributed by atoms with van der Waals surface area (Å²) in [6.45, 7) is 2.33. The predicted molar refractivity (Wildman–Crippen MR) is 119 cm³/mol. The Morgan fingerprint density at radius 3 is 2.45 bits per heavy atom. The maximum absolute atomic E-state index is 13.1. The molecule has 0 saturated carbocycles. The summed E-state index contributed by atoms with van der Waals surface area (Å²) in [6, 6.07) is 13.3. The molecule has 0 N–H and O–H groups in total. The molecule has 8 heteroatoms. The van der Waals surface area contributed by atoms with E-state index in [0.717, 1.165) is 11.3 Å². The number of carbonyl (C=O) groups excluding carboxylic acids is 1. The molecule has 4 nitrogen and oxygen atoms in total. The Kier molecular flexibility index (Phi) is 5.72. The van der Waals surface area contributed by atoms with Gasteiger partial charge in [0.05, 0.1) is 29.2 Å². The summed E-state index contributed by atoms with van der Waals surface area (Å²) in [5.41, 5.74) is 3.12. The van der Waals surface area contributed by atoms with Crippen LogP contribution in [0.4, 0.5) is 5.69 Å². The number of nitrogens with zero attached hydrogens (tertiary/aromatic N) is 3. The molecule has 0 aromatic heterocycles. The Labute approximate surface area is 188 Å². The van der Waals surface area contributed by atoms with Gasteiger partial charge in [0.1, 0.15) is 0 Å². The van der Waals surface area contributed by atoms with Crippen molar-refractivity contribution >= 4 is 58.2 Å². The maximum atomic E-state index is 13.1. The topological polar surface area (TPSA) is 47.3 Å². The lowest BCUT2D eigenvalue weighted by atomic mass is 9.86. The Bertz CT molecular complexity index is 1060. The number of hydrogen-bond donors (Lipinski definition) is 0. The summed E-state index contributed by atoms with van der Waals surface area (Å²) in [6.07, 6.45) is 0.152. The number of halogens is 3. The normalized spacial score (nSPS) is 19.3. The van der Waals surface area contributed by atoms with Crippen LogP contribution in [0.15, 0.2) is 47.0 Å². The Hall–Kier alpha value is -1.84. The van der Waals surface area contributed by atoms with Crippen LogP contribution in [0.25, 0.3) is 0 Å². The number of fused-ring (bicyclic) bond motifs is 1. The van der Waals surface area contributed by atoms with E-state index in [-0.39, 0.29) is 12.3 Å². The molecule has 2 aromatic rings. The largest absolute Gasteiger partial charge is 0.343 e. The Morgan fingerprint density at radius 2 is 1.76 bits per heavy atom. The molecule has 1 amide bonds. The van der Waals surface area contributed by atoms with Gasteiger partial charge in [0, 0.05) is 33.1 Å². The minimum Gasteiger partial charge on any atom is -0.343 e. The van der Waals surface area contributed by atoms with E-state index in [0.29, 0.717) is 43.8 Å². The molecule has 0 spiro atoms. The van der Waals surface area contributed by atoms with Crippen molar-refractivity contribution in [2.45, 2.75) is 19.3 Å². The molecule has 0 bridgehead atoms. The molecule has 1 fully saturated rings. The fourth-order valence-electron chi connectivity index (χ4n) is 3.74. The minimum atomic E-state index is -0.438. The summed E-state index contributed by atoms with van der Waals surface area (Å²) < 4.78 is 0. The number of carbonyl (C=O) groups is 1. The molecule has 1 atom stereocenters. The van der Waals surface area contributed by atoms with Gasteiger partial charge in [0.15, 0.2) is 0 Å². The highest BCUT2D eigenvalue weighted by Crippen LogP contribution is 2.46. The van der Waals surface area contributed by atoms with E-state index in [4.69, 9.17) is 34.8 Å². The fraction of sp³-hybridized carbons (Fsp3) is 0.238. The van der Waals surface area contributed by atoms with Crippen molar-refractivity contribution in [2.75, 3.05) is 17.4 Å². The molecular formula is C21H16Cl3N3OS. The first kappa shape index (κ1) is 20.4. The van der Waals surface area contributed by atoms with Gasteiger partial charge in [-0.3, -0.25) is 9.69 Å². The van der Waals surface area contributed by atoms with Crippen LogP contribution >= 0.6 is 46.6 Å². The standard InChI is InChI=1S/C21H16Cl3N3OS/c1-12-15(22)4-3-7-18(12)26-10-27-19(28)8-13(14(9-25)21(27)29-11-26)20-16(23)5-2-6-17(20)24/h2-7,13H,8,10-11H2,1H3/t13-/m0/s1. The SMILES string of the molecule is Cc1c(Cl)cccc1N1CSC2=C(C#N)[C@@H](c3c(Cl)cccc3Cl)CC(=O)N2C1. The molecule has 29 heavy (non-hydrogen) atoms. The molecule has 0 radical (unpaired) electrons. The number of thioether (sulfide) groups is 1. The first-order valence-electron chi connectivity index (χ1n) is 8.93. The number of benzene rings is 2. The van der Waals surface area contributed by atoms with Crippen molar-refractivity contribution in [2.24, 2.45) is 0 Å². The number of anilines is 1. The number of amides is 1. The number of rotatable bonds is 2. The van der Waals surface area contributed by atoms with Crippen LogP contribution < -0.4 is 4.90 Å². The van der Waals surface area contributed by atoms with Gasteiger partial charge in [0.25, 0.3) is 0 Å². The van der Waals surface area contributed by atoms with Crippen LogP contribution in [0.1, 0.15) is 23.5 Å². The van der Waals surface area contributed by atoms with Crippen LogP contribution in [0.2, 0.25) is 15.1 Å². The first-order valence-corrected chi connectivity index (χ1v) is 11.1. The van der Waals surface area contributed by atoms with Crippen LogP contribution in [0.5, 0.6) is 0 Å². The molecule has 148 valence electrons. The van der Waals surface area contributed by atoms with Crippen molar-refractivity contribution < 1.29 is 4.79 Å². The fourth-order valence-corrected chi connectivity index (χ4v) is 5.73. The number of nitriles is 1. The van der Waals surface area contributed by atoms with E-state index in [9.17, 15) is 10.1 Å². The highest BCUT2D eigenvalue weighted by atomic mass is 35.5. The molecule has 1 saturated heterocycles. The molecule has 0 aliphatic carbocycles. The molecule has 2 aliphatic rings. The number of allylic oxidation sites excluding steroid dienone is 1. The van der Waals surface area contributed by atoms with Crippen molar-refractivity contribution in [3.8, 4) is 6.07 Å². The highest BCUT2D eigenvalue weighted by molar-refractivity contribution is 8.03. The Morgan fingerprint density at radius 1 is 1.10 bits per heavy atom. The lowest BCUT2D eigenvalue weighted by molar-refractivity contribution is -0.129. The van der Waals surface area contributed by atoms with Gasteiger partial charge < -0.3 is 4.90 Å². The second-order valence-corrected chi connectivity index (χ2v) is 9.04. The minimum absolute atomic E-state index is 0.0585. The lowest BCUT2D eigenvalue weighted by Crippen LogP contribution is -2.47. The third kappa shape index (κ3) is 3.60. The van der Waals surface area contributed by atoms with E-state index in [2.05, 4.69) is 11.0 Å². The predicted octanol–water partition coefficient (Wildman–Crippen LogP) is 6.17. The average molecular weight is 465 g/mol. The van der Waals surface area contributed by atoms with Gasteiger partial charge in [-0.2, -0.15) is 5.26 Å². The van der Waals surface area contributed by atoms with Crippen LogP contribution in [-0.2, 0) is 4.79 Å². The van der Waals surface area contributed by atoms with Crippen molar-refractivity contribution in [3.63, 3.8) is 0 Å². The van der Waals surface area contributed by atoms with Crippen molar-refractivity contribution in [1.82, 2.24) is 4.90 Å². The van der Waals surface area contributed by atoms with E-state index in [1.54, 1.807) is 23.1 Å². The Balaban J connectivity index is 1.73. The van der Waals surface area contributed by atoms with Crippen LogP contribution in [0.3, 0.4) is 0 Å². The summed E-state index contributed by atoms with van der Waals surface area (Å²) in [5, 5.41) is 12.2. The van der Waals surface area contributed by atoms with Gasteiger partial charge in [0.2, 0.25) is 5.91 Å². The molecule has 0 unspecified atom stereocenters. The van der Waals surface area contributed by atoms with Gasteiger partial charge in [-0.25, -0.2) is 0 Å². The third-order valence-electron chi connectivity index (χ3n) is 5.22. The second kappa shape index (κ2) is 8.12. The summed E-state index contributed by atoms with van der Waals surface area (Å²) in [7, 11) is 0. The highest BCUT2D eigenvalue weighted by Gasteiger charge is 2.39. The average Bonchev–Trinajstić information content (AvgIpc) is 2.70. The summed E-state index contributed by atoms with van der Waals surface area (Å²) in [5.74, 6) is 0.109. The molecule has 2 heterocycles. The molecule has 2 aliphatic heterocycles. The van der Waals surface area contributed by atoms with E-state index >= 15 is 0 Å². The maximum Gasteiger partial charge on any atom is 0.229 e. The molecule has 4 rings (SSSR count).